The van der Waals surface area contributed by atoms with E-state index in [1.54, 1.807) is 6.07 Å². The molecule has 2 aliphatic rings. The Bertz CT molecular complexity index is 601. The molecule has 0 radical (unpaired) electrons. The number of pyridine rings is 1. The lowest BCUT2D eigenvalue weighted by Crippen LogP contribution is -2.58. The fourth-order valence-electron chi connectivity index (χ4n) is 4.18. The van der Waals surface area contributed by atoms with Gasteiger partial charge in [0, 0.05) is 31.7 Å². The summed E-state index contributed by atoms with van der Waals surface area (Å²) in [6, 6.07) is 5.08. The molecule has 3 heterocycles. The Morgan fingerprint density at radius 3 is 2.72 bits per heavy atom. The number of nitrogens with one attached hydrogen (secondary N) is 1. The third kappa shape index (κ3) is 3.96. The third-order valence-electron chi connectivity index (χ3n) is 5.57. The highest BCUT2D eigenvalue weighted by molar-refractivity contribution is 5.87. The molecule has 0 amide bonds. The summed E-state index contributed by atoms with van der Waals surface area (Å²) in [7, 11) is 1.39. The highest BCUT2D eigenvalue weighted by atomic mass is 16.5. The van der Waals surface area contributed by atoms with E-state index in [-0.39, 0.29) is 5.97 Å². The summed E-state index contributed by atoms with van der Waals surface area (Å²) in [6.45, 7) is 9.68. The molecule has 2 fully saturated rings. The zero-order valence-electron chi connectivity index (χ0n) is 15.6. The number of piperazine rings is 1. The van der Waals surface area contributed by atoms with Gasteiger partial charge >= 0.3 is 5.97 Å². The lowest BCUT2D eigenvalue weighted by Gasteiger charge is -2.47. The summed E-state index contributed by atoms with van der Waals surface area (Å²) >= 11 is 0. The summed E-state index contributed by atoms with van der Waals surface area (Å²) in [4.78, 5) is 21.3. The van der Waals surface area contributed by atoms with Gasteiger partial charge in [0.1, 0.15) is 5.69 Å². The van der Waals surface area contributed by atoms with E-state index >= 15 is 0 Å². The molecule has 1 unspecified atom stereocenters. The fraction of sp³-hybridized carbons (Fsp3) is 0.684. The number of anilines is 1. The van der Waals surface area contributed by atoms with Crippen molar-refractivity contribution in [2.24, 2.45) is 0 Å². The van der Waals surface area contributed by atoms with E-state index in [4.69, 9.17) is 4.74 Å². The summed E-state index contributed by atoms with van der Waals surface area (Å²) in [5, 5.41) is 3.46. The average Bonchev–Trinajstić information content (AvgIpc) is 2.67. The molecule has 0 spiro atoms. The average molecular weight is 346 g/mol. The van der Waals surface area contributed by atoms with E-state index < -0.39 is 0 Å². The van der Waals surface area contributed by atoms with Gasteiger partial charge in [-0.25, -0.2) is 9.78 Å². The molecule has 2 aliphatic heterocycles. The van der Waals surface area contributed by atoms with Gasteiger partial charge in [0.2, 0.25) is 0 Å². The van der Waals surface area contributed by atoms with E-state index in [1.807, 2.05) is 13.0 Å². The summed E-state index contributed by atoms with van der Waals surface area (Å²) in [6.07, 6.45) is 3.67. The first-order chi connectivity index (χ1) is 12.1. The summed E-state index contributed by atoms with van der Waals surface area (Å²) in [5.41, 5.74) is 2.41. The normalized spacial score (nSPS) is 22.8. The highest BCUT2D eigenvalue weighted by Crippen LogP contribution is 2.26. The van der Waals surface area contributed by atoms with E-state index in [2.05, 4.69) is 27.0 Å². The van der Waals surface area contributed by atoms with Crippen LogP contribution in [0.4, 0.5) is 5.69 Å². The number of aryl methyl sites for hydroxylation is 1. The number of nitrogens with zero attached hydrogens (tertiary/aromatic N) is 3. The van der Waals surface area contributed by atoms with Crippen molar-refractivity contribution in [3.8, 4) is 0 Å². The molecule has 0 bridgehead atoms. The molecule has 1 N–H and O–H groups in total. The standard InChI is InChI=1S/C19H30N4O2/c1-4-15-13-22(11-12-23(15)16-7-9-20-10-8-16)18-6-5-17(19(24)25-3)21-14(18)2/h5-6,15-16,20H,4,7-13H2,1-3H3. The maximum Gasteiger partial charge on any atom is 0.356 e. The first kappa shape index (κ1) is 18.1. The molecule has 1 atom stereocenters. The molecule has 1 aromatic rings. The number of carbonyl (C=O) groups excluding carboxylic acids is 1. The zero-order chi connectivity index (χ0) is 17.8. The molecule has 0 aromatic carbocycles. The number of methoxy groups -OCH3 is 1. The predicted molar refractivity (Wildman–Crippen MR) is 99.2 cm³/mol. The zero-order valence-corrected chi connectivity index (χ0v) is 15.6. The first-order valence-electron chi connectivity index (χ1n) is 9.41. The Kier molecular flexibility index (Phi) is 5.91. The summed E-state index contributed by atoms with van der Waals surface area (Å²) < 4.78 is 4.77. The number of esters is 1. The monoisotopic (exact) mass is 346 g/mol. The van der Waals surface area contributed by atoms with Crippen LogP contribution in [0.1, 0.15) is 42.4 Å². The number of piperidine rings is 1. The number of aromatic nitrogens is 1. The number of carbonyl (C=O) groups is 1. The van der Waals surface area contributed by atoms with Crippen LogP contribution in [0.5, 0.6) is 0 Å². The Balaban J connectivity index is 1.71. The van der Waals surface area contributed by atoms with E-state index in [0.29, 0.717) is 17.8 Å². The number of rotatable bonds is 4. The second kappa shape index (κ2) is 8.15. The molecule has 6 nitrogen and oxygen atoms in total. The molecule has 0 saturated carbocycles. The van der Waals surface area contributed by atoms with Crippen molar-refractivity contribution >= 4 is 11.7 Å². The molecular weight excluding hydrogens is 316 g/mol. The van der Waals surface area contributed by atoms with Gasteiger partial charge in [0.25, 0.3) is 0 Å². The quantitative estimate of drug-likeness (QED) is 0.840. The van der Waals surface area contributed by atoms with Gasteiger partial charge in [-0.3, -0.25) is 4.90 Å². The van der Waals surface area contributed by atoms with Crippen molar-refractivity contribution in [1.29, 1.82) is 0 Å². The lowest BCUT2D eigenvalue weighted by molar-refractivity contribution is 0.0593. The molecule has 25 heavy (non-hydrogen) atoms. The molecule has 1 aromatic heterocycles. The molecule has 2 saturated heterocycles. The lowest BCUT2D eigenvalue weighted by atomic mass is 9.99. The van der Waals surface area contributed by atoms with Crippen molar-refractivity contribution in [3.05, 3.63) is 23.5 Å². The number of ether oxygens (including phenoxy) is 1. The van der Waals surface area contributed by atoms with Crippen molar-refractivity contribution in [2.75, 3.05) is 44.7 Å². The number of hydrogen-bond donors (Lipinski definition) is 1. The number of hydrogen-bond acceptors (Lipinski definition) is 6. The van der Waals surface area contributed by atoms with Gasteiger partial charge in [0.05, 0.1) is 18.5 Å². The maximum absolute atomic E-state index is 11.7. The Labute approximate surface area is 150 Å². The van der Waals surface area contributed by atoms with E-state index in [1.165, 1.54) is 20.0 Å². The van der Waals surface area contributed by atoms with Crippen LogP contribution in [0, 0.1) is 6.92 Å². The molecular formula is C19H30N4O2. The van der Waals surface area contributed by atoms with Crippen molar-refractivity contribution in [2.45, 2.75) is 45.2 Å². The minimum Gasteiger partial charge on any atom is -0.464 e. The molecule has 0 aliphatic carbocycles. The maximum atomic E-state index is 11.7. The van der Waals surface area contributed by atoms with Gasteiger partial charge < -0.3 is 15.0 Å². The van der Waals surface area contributed by atoms with Crippen molar-refractivity contribution < 1.29 is 9.53 Å². The first-order valence-corrected chi connectivity index (χ1v) is 9.41. The van der Waals surface area contributed by atoms with Crippen LogP contribution < -0.4 is 10.2 Å². The predicted octanol–water partition coefficient (Wildman–Crippen LogP) is 1.83. The fourth-order valence-corrected chi connectivity index (χ4v) is 4.18. The topological polar surface area (TPSA) is 57.7 Å². The van der Waals surface area contributed by atoms with Crippen LogP contribution in [-0.2, 0) is 4.74 Å². The second-order valence-corrected chi connectivity index (χ2v) is 7.02. The third-order valence-corrected chi connectivity index (χ3v) is 5.57. The highest BCUT2D eigenvalue weighted by Gasteiger charge is 2.32. The van der Waals surface area contributed by atoms with E-state index in [9.17, 15) is 4.79 Å². The van der Waals surface area contributed by atoms with Crippen LogP contribution in [0.3, 0.4) is 0 Å². The van der Waals surface area contributed by atoms with Crippen molar-refractivity contribution in [1.82, 2.24) is 15.2 Å². The Hall–Kier alpha value is -1.66. The van der Waals surface area contributed by atoms with Gasteiger partial charge in [-0.05, 0) is 51.4 Å². The molecule has 138 valence electrons. The van der Waals surface area contributed by atoms with Crippen LogP contribution in [-0.4, -0.2) is 67.8 Å². The van der Waals surface area contributed by atoms with Crippen LogP contribution in [0.2, 0.25) is 0 Å². The minimum absolute atomic E-state index is 0.378. The molecule has 3 rings (SSSR count). The second-order valence-electron chi connectivity index (χ2n) is 7.02. The van der Waals surface area contributed by atoms with E-state index in [0.717, 1.165) is 50.5 Å². The Morgan fingerprint density at radius 2 is 2.08 bits per heavy atom. The minimum atomic E-state index is -0.378. The van der Waals surface area contributed by atoms with Gasteiger partial charge in [0.15, 0.2) is 0 Å². The van der Waals surface area contributed by atoms with Crippen LogP contribution in [0.25, 0.3) is 0 Å². The largest absolute Gasteiger partial charge is 0.464 e. The summed E-state index contributed by atoms with van der Waals surface area (Å²) in [5.74, 6) is -0.378. The van der Waals surface area contributed by atoms with Crippen LogP contribution >= 0.6 is 0 Å². The molecule has 6 heteroatoms. The smallest absolute Gasteiger partial charge is 0.356 e. The van der Waals surface area contributed by atoms with Crippen molar-refractivity contribution in [3.63, 3.8) is 0 Å². The van der Waals surface area contributed by atoms with Crippen LogP contribution in [0.15, 0.2) is 12.1 Å². The Morgan fingerprint density at radius 1 is 1.32 bits per heavy atom. The SMILES string of the molecule is CCC1CN(c2ccc(C(=O)OC)nc2C)CCN1C1CCNCC1. The van der Waals surface area contributed by atoms with Gasteiger partial charge in [-0.1, -0.05) is 6.92 Å². The van der Waals surface area contributed by atoms with Gasteiger partial charge in [-0.15, -0.1) is 0 Å². The van der Waals surface area contributed by atoms with Gasteiger partial charge in [-0.2, -0.15) is 0 Å².